The van der Waals surface area contributed by atoms with Gasteiger partial charge in [-0.2, -0.15) is 0 Å². The van der Waals surface area contributed by atoms with Crippen molar-refractivity contribution in [3.05, 3.63) is 29.3 Å². The lowest BCUT2D eigenvalue weighted by atomic mass is 10.1. The zero-order valence-corrected chi connectivity index (χ0v) is 12.9. The second kappa shape index (κ2) is 8.12. The van der Waals surface area contributed by atoms with Gasteiger partial charge in [-0.1, -0.05) is 18.2 Å². The summed E-state index contributed by atoms with van der Waals surface area (Å²) >= 11 is 0. The van der Waals surface area contributed by atoms with Crippen LogP contribution in [0.2, 0.25) is 0 Å². The van der Waals surface area contributed by atoms with Gasteiger partial charge in [0.05, 0.1) is 12.5 Å². The summed E-state index contributed by atoms with van der Waals surface area (Å²) < 4.78 is 5.75. The van der Waals surface area contributed by atoms with E-state index in [-0.39, 0.29) is 24.2 Å². The predicted octanol–water partition coefficient (Wildman–Crippen LogP) is 1.83. The Labute approximate surface area is 126 Å². The minimum atomic E-state index is 0. The third kappa shape index (κ3) is 4.39. The topological polar surface area (TPSA) is 50.4 Å². The number of carbonyl (C=O) groups excluding carboxylic acids is 1. The lowest BCUT2D eigenvalue weighted by Crippen LogP contribution is -2.34. The van der Waals surface area contributed by atoms with Crippen molar-refractivity contribution < 1.29 is 9.53 Å². The van der Waals surface area contributed by atoms with Crippen LogP contribution in [0.25, 0.3) is 0 Å². The van der Waals surface area contributed by atoms with E-state index in [1.807, 2.05) is 32.0 Å². The third-order valence-electron chi connectivity index (χ3n) is 3.49. The maximum Gasteiger partial charge on any atom is 0.224 e. The van der Waals surface area contributed by atoms with Crippen molar-refractivity contribution in [1.29, 1.82) is 0 Å². The fourth-order valence-electron chi connectivity index (χ4n) is 2.38. The Hall–Kier alpha value is -1.26. The molecule has 0 aliphatic carbocycles. The quantitative estimate of drug-likeness (QED) is 0.816. The largest absolute Gasteiger partial charge is 0.491 e. The second-order valence-electron chi connectivity index (χ2n) is 5.05. The first-order valence-corrected chi connectivity index (χ1v) is 6.86. The van der Waals surface area contributed by atoms with Crippen LogP contribution in [0.15, 0.2) is 18.2 Å². The third-order valence-corrected chi connectivity index (χ3v) is 3.49. The number of halogens is 1. The van der Waals surface area contributed by atoms with Crippen LogP contribution in [-0.4, -0.2) is 32.1 Å². The number of para-hydroxylation sites is 1. The van der Waals surface area contributed by atoms with Crippen molar-refractivity contribution in [2.45, 2.75) is 20.3 Å². The van der Waals surface area contributed by atoms with Gasteiger partial charge in [0.15, 0.2) is 0 Å². The molecule has 0 bridgehead atoms. The molecule has 1 atom stereocenters. The number of hydrogen-bond acceptors (Lipinski definition) is 3. The number of aryl methyl sites for hydroxylation is 2. The molecule has 0 aromatic heterocycles. The molecule has 20 heavy (non-hydrogen) atoms. The molecule has 1 fully saturated rings. The van der Waals surface area contributed by atoms with E-state index in [0.29, 0.717) is 13.2 Å². The van der Waals surface area contributed by atoms with Gasteiger partial charge in [0.25, 0.3) is 0 Å². The maximum absolute atomic E-state index is 11.8. The first-order valence-electron chi connectivity index (χ1n) is 6.86. The molecular weight excluding hydrogens is 276 g/mol. The van der Waals surface area contributed by atoms with Crippen molar-refractivity contribution in [3.8, 4) is 5.75 Å². The highest BCUT2D eigenvalue weighted by Gasteiger charge is 2.21. The first kappa shape index (κ1) is 16.8. The summed E-state index contributed by atoms with van der Waals surface area (Å²) in [5.74, 6) is 1.19. The summed E-state index contributed by atoms with van der Waals surface area (Å²) in [4.78, 5) is 11.8. The Kier molecular flexibility index (Phi) is 6.82. The lowest BCUT2D eigenvalue weighted by Gasteiger charge is -2.13. The van der Waals surface area contributed by atoms with Crippen molar-refractivity contribution in [2.75, 3.05) is 26.2 Å². The zero-order chi connectivity index (χ0) is 13.7. The number of amides is 1. The monoisotopic (exact) mass is 298 g/mol. The summed E-state index contributed by atoms with van der Waals surface area (Å²) in [5, 5.41) is 6.12. The SMILES string of the molecule is Cc1cccc(C)c1OCCNC(=O)C1CCNC1.Cl. The summed E-state index contributed by atoms with van der Waals surface area (Å²) in [7, 11) is 0. The average molecular weight is 299 g/mol. The highest BCUT2D eigenvalue weighted by atomic mass is 35.5. The molecule has 2 rings (SSSR count). The number of nitrogens with one attached hydrogen (secondary N) is 2. The maximum atomic E-state index is 11.8. The Balaban J connectivity index is 0.00000200. The van der Waals surface area contributed by atoms with Gasteiger partial charge in [0.1, 0.15) is 12.4 Å². The van der Waals surface area contributed by atoms with Crippen LogP contribution >= 0.6 is 12.4 Å². The van der Waals surface area contributed by atoms with Gasteiger partial charge >= 0.3 is 0 Å². The van der Waals surface area contributed by atoms with E-state index in [2.05, 4.69) is 10.6 Å². The molecule has 1 amide bonds. The number of ether oxygens (including phenoxy) is 1. The van der Waals surface area contributed by atoms with E-state index in [1.54, 1.807) is 0 Å². The Morgan fingerprint density at radius 3 is 2.70 bits per heavy atom. The van der Waals surface area contributed by atoms with Crippen molar-refractivity contribution in [2.24, 2.45) is 5.92 Å². The van der Waals surface area contributed by atoms with E-state index >= 15 is 0 Å². The van der Waals surface area contributed by atoms with Crippen molar-refractivity contribution in [3.63, 3.8) is 0 Å². The highest BCUT2D eigenvalue weighted by molar-refractivity contribution is 5.85. The predicted molar refractivity (Wildman–Crippen MR) is 82.6 cm³/mol. The number of benzene rings is 1. The molecule has 112 valence electrons. The normalized spacial score (nSPS) is 17.4. The minimum absolute atomic E-state index is 0. The molecule has 1 aromatic carbocycles. The minimum Gasteiger partial charge on any atom is -0.491 e. The van der Waals surface area contributed by atoms with Crippen molar-refractivity contribution >= 4 is 18.3 Å². The van der Waals surface area contributed by atoms with Crippen LogP contribution in [0.4, 0.5) is 0 Å². The van der Waals surface area contributed by atoms with Crippen LogP contribution in [-0.2, 0) is 4.79 Å². The zero-order valence-electron chi connectivity index (χ0n) is 12.1. The Morgan fingerprint density at radius 2 is 2.10 bits per heavy atom. The molecule has 1 heterocycles. The lowest BCUT2D eigenvalue weighted by molar-refractivity contribution is -0.124. The number of hydrogen-bond donors (Lipinski definition) is 2. The van der Waals surface area contributed by atoms with Crippen LogP contribution in [0.5, 0.6) is 5.75 Å². The first-order chi connectivity index (χ1) is 9.18. The van der Waals surface area contributed by atoms with Crippen LogP contribution < -0.4 is 15.4 Å². The molecule has 5 heteroatoms. The molecule has 0 radical (unpaired) electrons. The molecule has 1 aromatic rings. The van der Waals surface area contributed by atoms with Gasteiger partial charge in [-0.3, -0.25) is 4.79 Å². The fraction of sp³-hybridized carbons (Fsp3) is 0.533. The van der Waals surface area contributed by atoms with E-state index in [9.17, 15) is 4.79 Å². The van der Waals surface area contributed by atoms with Gasteiger partial charge in [-0.25, -0.2) is 0 Å². The molecule has 1 aliphatic heterocycles. The van der Waals surface area contributed by atoms with Gasteiger partial charge in [-0.05, 0) is 37.9 Å². The molecular formula is C15H23ClN2O2. The summed E-state index contributed by atoms with van der Waals surface area (Å²) in [6, 6.07) is 6.09. The second-order valence-corrected chi connectivity index (χ2v) is 5.05. The summed E-state index contributed by atoms with van der Waals surface area (Å²) in [6.07, 6.45) is 0.934. The van der Waals surface area contributed by atoms with Gasteiger partial charge < -0.3 is 15.4 Å². The van der Waals surface area contributed by atoms with E-state index in [0.717, 1.165) is 36.4 Å². The van der Waals surface area contributed by atoms with Crippen LogP contribution in [0, 0.1) is 19.8 Å². The van der Waals surface area contributed by atoms with Crippen molar-refractivity contribution in [1.82, 2.24) is 10.6 Å². The number of rotatable bonds is 5. The van der Waals surface area contributed by atoms with E-state index < -0.39 is 0 Å². The molecule has 1 aliphatic rings. The molecule has 0 spiro atoms. The van der Waals surface area contributed by atoms with Crippen LogP contribution in [0.3, 0.4) is 0 Å². The Morgan fingerprint density at radius 1 is 1.40 bits per heavy atom. The van der Waals surface area contributed by atoms with Gasteiger partial charge in [-0.15, -0.1) is 12.4 Å². The number of carbonyl (C=O) groups is 1. The Bertz CT molecular complexity index is 425. The molecule has 0 saturated carbocycles. The van der Waals surface area contributed by atoms with Gasteiger partial charge in [0.2, 0.25) is 5.91 Å². The van der Waals surface area contributed by atoms with E-state index in [1.165, 1.54) is 0 Å². The highest BCUT2D eigenvalue weighted by Crippen LogP contribution is 2.21. The van der Waals surface area contributed by atoms with Gasteiger partial charge in [0, 0.05) is 6.54 Å². The van der Waals surface area contributed by atoms with Crippen LogP contribution in [0.1, 0.15) is 17.5 Å². The van der Waals surface area contributed by atoms with E-state index in [4.69, 9.17) is 4.74 Å². The molecule has 4 nitrogen and oxygen atoms in total. The molecule has 2 N–H and O–H groups in total. The molecule has 1 saturated heterocycles. The smallest absolute Gasteiger partial charge is 0.224 e. The standard InChI is InChI=1S/C15H22N2O2.ClH/c1-11-4-3-5-12(2)14(11)19-9-8-17-15(18)13-6-7-16-10-13;/h3-5,13,16H,6-10H2,1-2H3,(H,17,18);1H. The summed E-state index contributed by atoms with van der Waals surface area (Å²) in [5.41, 5.74) is 2.26. The average Bonchev–Trinajstić information content (AvgIpc) is 2.91. The fourth-order valence-corrected chi connectivity index (χ4v) is 2.38. The summed E-state index contributed by atoms with van der Waals surface area (Å²) in [6.45, 7) is 6.87. The molecule has 1 unspecified atom stereocenters.